The Morgan fingerprint density at radius 3 is 2.11 bits per heavy atom. The van der Waals surface area contributed by atoms with E-state index in [9.17, 15) is 18.0 Å². The fourth-order valence-electron chi connectivity index (χ4n) is 1.33. The quantitative estimate of drug-likeness (QED) is 0.837. The van der Waals surface area contributed by atoms with Crippen molar-refractivity contribution in [2.24, 2.45) is 0 Å². The highest BCUT2D eigenvalue weighted by atomic mass is 19.4. The molecule has 0 aliphatic heterocycles. The molecule has 1 amide bonds. The molecule has 6 heteroatoms. The van der Waals surface area contributed by atoms with Crippen molar-refractivity contribution in [3.05, 3.63) is 24.3 Å². The van der Waals surface area contributed by atoms with Gasteiger partial charge in [0, 0.05) is 12.7 Å². The van der Waals surface area contributed by atoms with Crippen molar-refractivity contribution in [3.63, 3.8) is 0 Å². The van der Waals surface area contributed by atoms with Crippen LogP contribution in [-0.2, 0) is 4.79 Å². The summed E-state index contributed by atoms with van der Waals surface area (Å²) in [4.78, 5) is 11.6. The number of hydrogen-bond donors (Lipinski definition) is 0. The second-order valence-corrected chi connectivity index (χ2v) is 4.02. The van der Waals surface area contributed by atoms with E-state index in [2.05, 4.69) is 0 Å². The Kier molecular flexibility index (Phi) is 4.21. The Hall–Kier alpha value is -1.72. The fraction of sp³-hybridized carbons (Fsp3) is 0.417. The summed E-state index contributed by atoms with van der Waals surface area (Å²) in [7, 11) is 1.08. The smallest absolute Gasteiger partial charge is 0.471 e. The van der Waals surface area contributed by atoms with Gasteiger partial charge in [0.1, 0.15) is 5.75 Å². The molecule has 100 valence electrons. The first-order chi connectivity index (χ1) is 8.21. The van der Waals surface area contributed by atoms with Gasteiger partial charge in [-0.1, -0.05) is 0 Å². The topological polar surface area (TPSA) is 29.5 Å². The number of halogens is 3. The van der Waals surface area contributed by atoms with Crippen molar-refractivity contribution in [2.75, 3.05) is 11.9 Å². The molecule has 0 heterocycles. The Balaban J connectivity index is 2.82. The summed E-state index contributed by atoms with van der Waals surface area (Å²) in [5, 5.41) is 0. The van der Waals surface area contributed by atoms with Crippen LogP contribution in [0.3, 0.4) is 0 Å². The van der Waals surface area contributed by atoms with Crippen LogP contribution in [0.25, 0.3) is 0 Å². The van der Waals surface area contributed by atoms with Gasteiger partial charge >= 0.3 is 12.1 Å². The molecule has 18 heavy (non-hydrogen) atoms. The molecule has 0 unspecified atom stereocenters. The van der Waals surface area contributed by atoms with E-state index in [1.807, 2.05) is 13.8 Å². The lowest BCUT2D eigenvalue weighted by Crippen LogP contribution is -2.38. The molecule has 0 bridgehead atoms. The Morgan fingerprint density at radius 2 is 1.72 bits per heavy atom. The maximum absolute atomic E-state index is 12.2. The molecule has 0 spiro atoms. The number of alkyl halides is 3. The highest BCUT2D eigenvalue weighted by Crippen LogP contribution is 2.24. The third kappa shape index (κ3) is 3.65. The number of hydrogen-bond acceptors (Lipinski definition) is 2. The summed E-state index contributed by atoms with van der Waals surface area (Å²) in [6.45, 7) is 3.68. The number of rotatable bonds is 3. The first-order valence-corrected chi connectivity index (χ1v) is 5.33. The largest absolute Gasteiger partial charge is 0.491 e. The van der Waals surface area contributed by atoms with E-state index in [1.165, 1.54) is 24.3 Å². The van der Waals surface area contributed by atoms with Gasteiger partial charge in [0.25, 0.3) is 0 Å². The minimum absolute atomic E-state index is 0.0228. The van der Waals surface area contributed by atoms with Crippen molar-refractivity contribution in [1.82, 2.24) is 0 Å². The molecule has 0 fully saturated rings. The molecular formula is C12H14F3NO2. The SMILES string of the molecule is CC(C)Oc1ccc(N(C)C(=O)C(F)(F)F)cc1. The van der Waals surface area contributed by atoms with Crippen LogP contribution in [0.15, 0.2) is 24.3 Å². The molecule has 0 saturated carbocycles. The molecule has 1 rings (SSSR count). The first kappa shape index (κ1) is 14.3. The number of ether oxygens (including phenoxy) is 1. The maximum atomic E-state index is 12.2. The first-order valence-electron chi connectivity index (χ1n) is 5.33. The van der Waals surface area contributed by atoms with E-state index in [-0.39, 0.29) is 11.8 Å². The van der Waals surface area contributed by atoms with Gasteiger partial charge < -0.3 is 9.64 Å². The number of amides is 1. The summed E-state index contributed by atoms with van der Waals surface area (Å²) in [5.41, 5.74) is 0.161. The standard InChI is InChI=1S/C12H14F3NO2/c1-8(2)18-10-6-4-9(5-7-10)16(3)11(17)12(13,14)15/h4-8H,1-3H3. The van der Waals surface area contributed by atoms with Gasteiger partial charge in [0.05, 0.1) is 6.10 Å². The van der Waals surface area contributed by atoms with Crippen LogP contribution < -0.4 is 9.64 Å². The molecule has 0 saturated heterocycles. The normalized spacial score (nSPS) is 11.5. The van der Waals surface area contributed by atoms with Crippen LogP contribution in [0.2, 0.25) is 0 Å². The van der Waals surface area contributed by atoms with Crippen LogP contribution >= 0.6 is 0 Å². The molecule has 0 aromatic heterocycles. The number of benzene rings is 1. The second kappa shape index (κ2) is 5.29. The average molecular weight is 261 g/mol. The van der Waals surface area contributed by atoms with E-state index in [1.54, 1.807) is 0 Å². The van der Waals surface area contributed by atoms with Crippen molar-refractivity contribution in [2.45, 2.75) is 26.1 Å². The lowest BCUT2D eigenvalue weighted by atomic mass is 10.2. The van der Waals surface area contributed by atoms with Crippen LogP contribution in [0.4, 0.5) is 18.9 Å². The third-order valence-corrected chi connectivity index (χ3v) is 2.14. The summed E-state index contributed by atoms with van der Waals surface area (Å²) in [6.07, 6.45) is -4.90. The molecular weight excluding hydrogens is 247 g/mol. The zero-order chi connectivity index (χ0) is 13.9. The highest BCUT2D eigenvalue weighted by Gasteiger charge is 2.41. The van der Waals surface area contributed by atoms with Crippen molar-refractivity contribution >= 4 is 11.6 Å². The minimum Gasteiger partial charge on any atom is -0.491 e. The molecule has 0 N–H and O–H groups in total. The van der Waals surface area contributed by atoms with Gasteiger partial charge in [-0.2, -0.15) is 13.2 Å². The molecule has 3 nitrogen and oxygen atoms in total. The number of anilines is 1. The molecule has 1 aromatic carbocycles. The van der Waals surface area contributed by atoms with E-state index in [0.29, 0.717) is 10.6 Å². The Morgan fingerprint density at radius 1 is 1.22 bits per heavy atom. The average Bonchev–Trinajstić information content (AvgIpc) is 2.26. The van der Waals surface area contributed by atoms with E-state index in [4.69, 9.17) is 4.74 Å². The van der Waals surface area contributed by atoms with Crippen molar-refractivity contribution < 1.29 is 22.7 Å². The lowest BCUT2D eigenvalue weighted by molar-refractivity contribution is -0.170. The van der Waals surface area contributed by atoms with Crippen molar-refractivity contribution in [3.8, 4) is 5.75 Å². The molecule has 1 aromatic rings. The van der Waals surface area contributed by atoms with Gasteiger partial charge in [-0.25, -0.2) is 0 Å². The zero-order valence-corrected chi connectivity index (χ0v) is 10.3. The predicted octanol–water partition coefficient (Wildman–Crippen LogP) is 3.00. The monoisotopic (exact) mass is 261 g/mol. The summed E-state index contributed by atoms with van der Waals surface area (Å²) in [5.74, 6) is -1.36. The summed E-state index contributed by atoms with van der Waals surface area (Å²) in [6, 6.07) is 5.85. The van der Waals surface area contributed by atoms with Crippen LogP contribution in [0.5, 0.6) is 5.75 Å². The Labute approximate surface area is 103 Å². The van der Waals surface area contributed by atoms with Gasteiger partial charge in [0.2, 0.25) is 0 Å². The van der Waals surface area contributed by atoms with E-state index >= 15 is 0 Å². The van der Waals surface area contributed by atoms with Gasteiger partial charge in [0.15, 0.2) is 0 Å². The zero-order valence-electron chi connectivity index (χ0n) is 10.3. The number of nitrogens with zero attached hydrogens (tertiary/aromatic N) is 1. The molecule has 0 radical (unpaired) electrons. The van der Waals surface area contributed by atoms with Gasteiger partial charge in [-0.05, 0) is 38.1 Å². The van der Waals surface area contributed by atoms with Crippen LogP contribution in [-0.4, -0.2) is 25.2 Å². The minimum atomic E-state index is -4.87. The summed E-state index contributed by atoms with van der Waals surface area (Å²) >= 11 is 0. The van der Waals surface area contributed by atoms with Crippen LogP contribution in [0.1, 0.15) is 13.8 Å². The fourth-order valence-corrected chi connectivity index (χ4v) is 1.33. The van der Waals surface area contributed by atoms with E-state index < -0.39 is 12.1 Å². The molecule has 0 aliphatic carbocycles. The van der Waals surface area contributed by atoms with Crippen molar-refractivity contribution in [1.29, 1.82) is 0 Å². The van der Waals surface area contributed by atoms with Gasteiger partial charge in [-0.3, -0.25) is 4.79 Å². The summed E-state index contributed by atoms with van der Waals surface area (Å²) < 4.78 is 42.0. The maximum Gasteiger partial charge on any atom is 0.471 e. The predicted molar refractivity (Wildman–Crippen MR) is 61.7 cm³/mol. The molecule has 0 atom stereocenters. The highest BCUT2D eigenvalue weighted by molar-refractivity contribution is 5.96. The van der Waals surface area contributed by atoms with Crippen LogP contribution in [0, 0.1) is 0 Å². The second-order valence-electron chi connectivity index (χ2n) is 4.02. The molecule has 0 aliphatic rings. The Bertz CT molecular complexity index is 412. The number of carbonyl (C=O) groups excluding carboxylic acids is 1. The number of carbonyl (C=O) groups is 1. The van der Waals surface area contributed by atoms with E-state index in [0.717, 1.165) is 7.05 Å². The third-order valence-electron chi connectivity index (χ3n) is 2.14. The van der Waals surface area contributed by atoms with Gasteiger partial charge in [-0.15, -0.1) is 0 Å². The lowest BCUT2D eigenvalue weighted by Gasteiger charge is -2.19.